The van der Waals surface area contributed by atoms with Crippen LogP contribution in [0.4, 0.5) is 0 Å². The van der Waals surface area contributed by atoms with Crippen LogP contribution in [0.15, 0.2) is 40.9 Å². The standard InChI is InChI=1S/C21H32N4O.HI/c1-3-23-21(24-14-12-17-8-5-4-6-9-17)25-15-13-18-10-7-11-19(16-18)20(26)22-2;/h7-8,10-11,16H,3-6,9,12-15H2,1-2H3,(H,22,26)(H2,23,24,25);1H. The fourth-order valence-corrected chi connectivity index (χ4v) is 3.12. The zero-order valence-corrected chi connectivity index (χ0v) is 18.8. The maximum absolute atomic E-state index is 11.7. The Morgan fingerprint density at radius 1 is 1.19 bits per heavy atom. The Morgan fingerprint density at radius 3 is 2.74 bits per heavy atom. The fourth-order valence-electron chi connectivity index (χ4n) is 3.12. The molecule has 27 heavy (non-hydrogen) atoms. The van der Waals surface area contributed by atoms with Crippen molar-refractivity contribution in [2.45, 2.75) is 45.4 Å². The predicted octanol–water partition coefficient (Wildman–Crippen LogP) is 3.65. The Labute approximate surface area is 180 Å². The third-order valence-corrected chi connectivity index (χ3v) is 4.55. The quantitative estimate of drug-likeness (QED) is 0.229. The van der Waals surface area contributed by atoms with Crippen LogP contribution in [0, 0.1) is 0 Å². The van der Waals surface area contributed by atoms with Gasteiger partial charge in [-0.2, -0.15) is 0 Å². The van der Waals surface area contributed by atoms with E-state index in [1.165, 1.54) is 25.7 Å². The molecule has 0 heterocycles. The van der Waals surface area contributed by atoms with Crippen LogP contribution >= 0.6 is 24.0 Å². The second-order valence-corrected chi connectivity index (χ2v) is 6.58. The lowest BCUT2D eigenvalue weighted by Gasteiger charge is -2.13. The molecule has 1 aromatic rings. The van der Waals surface area contributed by atoms with Crippen molar-refractivity contribution in [1.29, 1.82) is 0 Å². The van der Waals surface area contributed by atoms with Crippen LogP contribution in [-0.4, -0.2) is 38.5 Å². The Kier molecular flexibility index (Phi) is 11.8. The number of allylic oxidation sites excluding steroid dienone is 1. The molecular weight excluding hydrogens is 451 g/mol. The summed E-state index contributed by atoms with van der Waals surface area (Å²) >= 11 is 0. The number of carbonyl (C=O) groups is 1. The number of nitrogens with zero attached hydrogens (tertiary/aromatic N) is 1. The minimum absolute atomic E-state index is 0. The van der Waals surface area contributed by atoms with Gasteiger partial charge in [0.2, 0.25) is 0 Å². The molecule has 150 valence electrons. The van der Waals surface area contributed by atoms with E-state index >= 15 is 0 Å². The molecule has 0 aliphatic heterocycles. The molecule has 5 nitrogen and oxygen atoms in total. The second-order valence-electron chi connectivity index (χ2n) is 6.58. The van der Waals surface area contributed by atoms with Crippen molar-refractivity contribution < 1.29 is 4.79 Å². The number of halogens is 1. The lowest BCUT2D eigenvalue weighted by Crippen LogP contribution is -2.38. The summed E-state index contributed by atoms with van der Waals surface area (Å²) in [6.07, 6.45) is 9.42. The number of hydrogen-bond donors (Lipinski definition) is 3. The third kappa shape index (κ3) is 8.77. The molecule has 0 saturated carbocycles. The molecule has 6 heteroatoms. The van der Waals surface area contributed by atoms with Gasteiger partial charge in [-0.15, -0.1) is 24.0 Å². The van der Waals surface area contributed by atoms with E-state index in [9.17, 15) is 4.79 Å². The van der Waals surface area contributed by atoms with E-state index in [0.29, 0.717) is 5.56 Å². The molecular formula is C21H33IN4O. The van der Waals surface area contributed by atoms with E-state index in [1.54, 1.807) is 12.6 Å². The van der Waals surface area contributed by atoms with Crippen LogP contribution in [0.2, 0.25) is 0 Å². The van der Waals surface area contributed by atoms with Gasteiger partial charge in [0, 0.05) is 32.2 Å². The first-order valence-electron chi connectivity index (χ1n) is 9.74. The average Bonchev–Trinajstić information content (AvgIpc) is 2.68. The minimum atomic E-state index is -0.0493. The van der Waals surface area contributed by atoms with E-state index < -0.39 is 0 Å². The van der Waals surface area contributed by atoms with E-state index in [0.717, 1.165) is 44.0 Å². The fraction of sp³-hybridized carbons (Fsp3) is 0.524. The summed E-state index contributed by atoms with van der Waals surface area (Å²) in [5.74, 6) is 0.818. The molecule has 0 atom stereocenters. The largest absolute Gasteiger partial charge is 0.357 e. The lowest BCUT2D eigenvalue weighted by molar-refractivity contribution is 0.0963. The van der Waals surface area contributed by atoms with Crippen LogP contribution in [0.1, 0.15) is 54.9 Å². The SMILES string of the molecule is CCNC(=NCCC1=CCCCC1)NCCc1cccc(C(=O)NC)c1.I. The summed E-state index contributed by atoms with van der Waals surface area (Å²) in [7, 11) is 1.65. The summed E-state index contributed by atoms with van der Waals surface area (Å²) in [5, 5.41) is 9.35. The highest BCUT2D eigenvalue weighted by Crippen LogP contribution is 2.19. The molecule has 3 N–H and O–H groups in total. The van der Waals surface area contributed by atoms with Crippen molar-refractivity contribution in [3.63, 3.8) is 0 Å². The monoisotopic (exact) mass is 484 g/mol. The molecule has 1 amide bonds. The Balaban J connectivity index is 0.00000364. The van der Waals surface area contributed by atoms with Crippen molar-refractivity contribution in [1.82, 2.24) is 16.0 Å². The number of aliphatic imine (C=N–C) groups is 1. The van der Waals surface area contributed by atoms with Gasteiger partial charge < -0.3 is 16.0 Å². The molecule has 1 aliphatic carbocycles. The maximum Gasteiger partial charge on any atom is 0.251 e. The van der Waals surface area contributed by atoms with E-state index in [1.807, 2.05) is 24.3 Å². The molecule has 1 aromatic carbocycles. The molecule has 0 bridgehead atoms. The van der Waals surface area contributed by atoms with Crippen LogP contribution in [-0.2, 0) is 6.42 Å². The van der Waals surface area contributed by atoms with E-state index in [4.69, 9.17) is 0 Å². The highest BCUT2D eigenvalue weighted by molar-refractivity contribution is 14.0. The normalized spacial score (nSPS) is 14.0. The first-order valence-corrected chi connectivity index (χ1v) is 9.74. The molecule has 0 radical (unpaired) electrons. The van der Waals surface area contributed by atoms with Crippen LogP contribution in [0.3, 0.4) is 0 Å². The number of carbonyl (C=O) groups excluding carboxylic acids is 1. The van der Waals surface area contributed by atoms with Gasteiger partial charge in [-0.3, -0.25) is 9.79 Å². The first kappa shape index (κ1) is 23.5. The smallest absolute Gasteiger partial charge is 0.251 e. The third-order valence-electron chi connectivity index (χ3n) is 4.55. The second kappa shape index (κ2) is 13.6. The van der Waals surface area contributed by atoms with Crippen molar-refractivity contribution in [2.24, 2.45) is 4.99 Å². The highest BCUT2D eigenvalue weighted by Gasteiger charge is 2.05. The molecule has 0 unspecified atom stereocenters. The molecule has 0 spiro atoms. The van der Waals surface area contributed by atoms with Crippen LogP contribution in [0.5, 0.6) is 0 Å². The zero-order valence-electron chi connectivity index (χ0n) is 16.5. The number of nitrogens with one attached hydrogen (secondary N) is 3. The van der Waals surface area contributed by atoms with Crippen LogP contribution in [0.25, 0.3) is 0 Å². The molecule has 0 fully saturated rings. The minimum Gasteiger partial charge on any atom is -0.357 e. The predicted molar refractivity (Wildman–Crippen MR) is 124 cm³/mol. The topological polar surface area (TPSA) is 65.5 Å². The van der Waals surface area contributed by atoms with Crippen molar-refractivity contribution in [3.8, 4) is 0 Å². The van der Waals surface area contributed by atoms with Gasteiger partial charge in [-0.25, -0.2) is 0 Å². The van der Waals surface area contributed by atoms with Gasteiger partial charge in [0.15, 0.2) is 5.96 Å². The summed E-state index contributed by atoms with van der Waals surface area (Å²) in [6.45, 7) is 4.54. The summed E-state index contributed by atoms with van der Waals surface area (Å²) in [4.78, 5) is 16.4. The molecule has 2 rings (SSSR count). The summed E-state index contributed by atoms with van der Waals surface area (Å²) in [6, 6.07) is 7.76. The lowest BCUT2D eigenvalue weighted by atomic mass is 9.97. The average molecular weight is 484 g/mol. The van der Waals surface area contributed by atoms with Gasteiger partial charge in [0.25, 0.3) is 5.91 Å². The maximum atomic E-state index is 11.7. The first-order chi connectivity index (χ1) is 12.7. The van der Waals surface area contributed by atoms with E-state index in [-0.39, 0.29) is 29.9 Å². The highest BCUT2D eigenvalue weighted by atomic mass is 127. The zero-order chi connectivity index (χ0) is 18.6. The van der Waals surface area contributed by atoms with Crippen molar-refractivity contribution in [3.05, 3.63) is 47.0 Å². The van der Waals surface area contributed by atoms with Crippen LogP contribution < -0.4 is 16.0 Å². The van der Waals surface area contributed by atoms with Gasteiger partial charge in [0.1, 0.15) is 0 Å². The Morgan fingerprint density at radius 2 is 2.04 bits per heavy atom. The summed E-state index contributed by atoms with van der Waals surface area (Å²) < 4.78 is 0. The number of guanidine groups is 1. The number of rotatable bonds is 8. The Hall–Kier alpha value is -1.57. The molecule has 0 saturated heterocycles. The number of benzene rings is 1. The molecule has 1 aliphatic rings. The van der Waals surface area contributed by atoms with Crippen molar-refractivity contribution in [2.75, 3.05) is 26.7 Å². The van der Waals surface area contributed by atoms with Gasteiger partial charge >= 0.3 is 0 Å². The van der Waals surface area contributed by atoms with Gasteiger partial charge in [-0.05, 0) is 63.1 Å². The van der Waals surface area contributed by atoms with Crippen molar-refractivity contribution >= 4 is 35.8 Å². The summed E-state index contributed by atoms with van der Waals surface area (Å²) in [5.41, 5.74) is 3.40. The van der Waals surface area contributed by atoms with Gasteiger partial charge in [0.05, 0.1) is 0 Å². The number of amides is 1. The Bertz CT molecular complexity index is 643. The van der Waals surface area contributed by atoms with Gasteiger partial charge in [-0.1, -0.05) is 23.8 Å². The molecule has 0 aromatic heterocycles. The van der Waals surface area contributed by atoms with E-state index in [2.05, 4.69) is 33.9 Å². The number of hydrogen-bond acceptors (Lipinski definition) is 2.